The minimum Gasteiger partial charge on any atom is -0.380 e. The highest BCUT2D eigenvalue weighted by molar-refractivity contribution is 7.89. The van der Waals surface area contributed by atoms with E-state index in [0.717, 1.165) is 6.07 Å². The number of ether oxygens (including phenoxy) is 1. The third-order valence-corrected chi connectivity index (χ3v) is 3.94. The van der Waals surface area contributed by atoms with Crippen molar-refractivity contribution in [2.24, 2.45) is 5.73 Å². The van der Waals surface area contributed by atoms with E-state index in [-0.39, 0.29) is 24.1 Å². The molecule has 0 aromatic heterocycles. The van der Waals surface area contributed by atoms with Gasteiger partial charge in [0.25, 0.3) is 0 Å². The molecule has 0 saturated heterocycles. The maximum Gasteiger partial charge on any atom is 0.243 e. The lowest BCUT2D eigenvalue weighted by Crippen LogP contribution is -2.32. The molecule has 3 N–H and O–H groups in total. The average Bonchev–Trinajstić information content (AvgIpc) is 2.35. The summed E-state index contributed by atoms with van der Waals surface area (Å²) in [6.07, 6.45) is -0.286. The zero-order valence-corrected chi connectivity index (χ0v) is 11.1. The van der Waals surface area contributed by atoms with Gasteiger partial charge in [0.15, 0.2) is 0 Å². The molecule has 1 rings (SSSR count). The first kappa shape index (κ1) is 15.0. The summed E-state index contributed by atoms with van der Waals surface area (Å²) in [5.41, 5.74) is 5.88. The topological polar surface area (TPSA) is 81.4 Å². The summed E-state index contributed by atoms with van der Waals surface area (Å²) >= 11 is 0. The van der Waals surface area contributed by atoms with Gasteiger partial charge in [-0.25, -0.2) is 17.5 Å². The molecule has 0 aliphatic heterocycles. The summed E-state index contributed by atoms with van der Waals surface area (Å²) in [7, 11) is -2.40. The molecule has 18 heavy (non-hydrogen) atoms. The molecule has 0 amide bonds. The molecule has 1 unspecified atom stereocenters. The van der Waals surface area contributed by atoms with E-state index in [9.17, 15) is 12.8 Å². The molecule has 7 heteroatoms. The number of methoxy groups -OCH3 is 1. The van der Waals surface area contributed by atoms with E-state index in [1.165, 1.54) is 19.2 Å². The van der Waals surface area contributed by atoms with Crippen LogP contribution in [-0.4, -0.2) is 28.2 Å². The van der Waals surface area contributed by atoms with Crippen LogP contribution in [0, 0.1) is 5.82 Å². The van der Waals surface area contributed by atoms with E-state index in [2.05, 4.69) is 4.72 Å². The van der Waals surface area contributed by atoms with Gasteiger partial charge in [-0.05, 0) is 24.6 Å². The van der Waals surface area contributed by atoms with Crippen LogP contribution >= 0.6 is 0 Å². The molecule has 0 fully saturated rings. The molecule has 0 radical (unpaired) electrons. The Bertz CT molecular complexity index is 505. The second-order valence-electron chi connectivity index (χ2n) is 3.87. The first-order chi connectivity index (χ1) is 8.40. The molecule has 5 nitrogen and oxygen atoms in total. The highest BCUT2D eigenvalue weighted by atomic mass is 32.2. The lowest BCUT2D eigenvalue weighted by molar-refractivity contribution is 0.122. The molecule has 0 heterocycles. The number of halogens is 1. The van der Waals surface area contributed by atoms with Crippen LogP contribution in [0.2, 0.25) is 0 Å². The van der Waals surface area contributed by atoms with Crippen LogP contribution in [0.4, 0.5) is 4.39 Å². The molecule has 1 aromatic rings. The Kier molecular flexibility index (Phi) is 5.21. The molecule has 0 saturated carbocycles. The lowest BCUT2D eigenvalue weighted by Gasteiger charge is -2.12. The van der Waals surface area contributed by atoms with Crippen molar-refractivity contribution in [3.63, 3.8) is 0 Å². The van der Waals surface area contributed by atoms with Gasteiger partial charge in [-0.3, -0.25) is 0 Å². The molecule has 0 aliphatic carbocycles. The van der Waals surface area contributed by atoms with Gasteiger partial charge in [0.05, 0.1) is 6.10 Å². The number of hydrogen-bond acceptors (Lipinski definition) is 4. The van der Waals surface area contributed by atoms with E-state index in [1.54, 1.807) is 6.92 Å². The summed E-state index contributed by atoms with van der Waals surface area (Å²) in [5.74, 6) is -0.810. The number of rotatable bonds is 6. The Balaban J connectivity index is 2.91. The van der Waals surface area contributed by atoms with Crippen molar-refractivity contribution in [1.29, 1.82) is 0 Å². The first-order valence-electron chi connectivity index (χ1n) is 5.41. The zero-order chi connectivity index (χ0) is 13.8. The Morgan fingerprint density at radius 2 is 2.17 bits per heavy atom. The van der Waals surface area contributed by atoms with E-state index < -0.39 is 15.8 Å². The van der Waals surface area contributed by atoms with Crippen molar-refractivity contribution >= 4 is 10.0 Å². The van der Waals surface area contributed by atoms with Gasteiger partial charge >= 0.3 is 0 Å². The van der Waals surface area contributed by atoms with Crippen molar-refractivity contribution < 1.29 is 17.5 Å². The van der Waals surface area contributed by atoms with Crippen LogP contribution in [0.1, 0.15) is 12.5 Å². The summed E-state index contributed by atoms with van der Waals surface area (Å²) in [4.78, 5) is -0.386. The van der Waals surface area contributed by atoms with Gasteiger partial charge in [-0.2, -0.15) is 0 Å². The second-order valence-corrected chi connectivity index (χ2v) is 5.60. The minimum atomic E-state index is -3.87. The first-order valence-corrected chi connectivity index (χ1v) is 6.90. The molecule has 1 aromatic carbocycles. The quantitative estimate of drug-likeness (QED) is 0.797. The number of nitrogens with two attached hydrogens (primary N) is 1. The van der Waals surface area contributed by atoms with Crippen molar-refractivity contribution in [2.45, 2.75) is 24.5 Å². The fourth-order valence-electron chi connectivity index (χ4n) is 1.28. The monoisotopic (exact) mass is 276 g/mol. The molecule has 0 aliphatic rings. The van der Waals surface area contributed by atoms with Crippen LogP contribution in [0.15, 0.2) is 23.1 Å². The van der Waals surface area contributed by atoms with Gasteiger partial charge in [-0.15, -0.1) is 0 Å². The van der Waals surface area contributed by atoms with Gasteiger partial charge in [0, 0.05) is 20.2 Å². The Morgan fingerprint density at radius 1 is 1.50 bits per heavy atom. The number of nitrogens with one attached hydrogen (secondary N) is 1. The molecular weight excluding hydrogens is 259 g/mol. The van der Waals surface area contributed by atoms with Crippen LogP contribution in [0.3, 0.4) is 0 Å². The van der Waals surface area contributed by atoms with Crippen molar-refractivity contribution in [3.8, 4) is 0 Å². The minimum absolute atomic E-state index is 0.0803. The van der Waals surface area contributed by atoms with Crippen molar-refractivity contribution in [1.82, 2.24) is 4.72 Å². The fourth-order valence-corrected chi connectivity index (χ4v) is 2.45. The number of sulfonamides is 1. The highest BCUT2D eigenvalue weighted by Crippen LogP contribution is 2.15. The molecule has 1 atom stereocenters. The maximum atomic E-state index is 13.6. The summed E-state index contributed by atoms with van der Waals surface area (Å²) in [5, 5.41) is 0. The van der Waals surface area contributed by atoms with E-state index in [4.69, 9.17) is 10.5 Å². The third kappa shape index (κ3) is 3.74. The molecular formula is C11H17FN2O3S. The smallest absolute Gasteiger partial charge is 0.243 e. The second kappa shape index (κ2) is 6.24. The average molecular weight is 276 g/mol. The zero-order valence-electron chi connectivity index (χ0n) is 10.3. The molecule has 102 valence electrons. The van der Waals surface area contributed by atoms with Gasteiger partial charge in [0.1, 0.15) is 10.7 Å². The largest absolute Gasteiger partial charge is 0.380 e. The number of benzene rings is 1. The summed E-state index contributed by atoms with van der Waals surface area (Å²) < 4.78 is 44.5. The Labute approximate surface area is 106 Å². The van der Waals surface area contributed by atoms with Gasteiger partial charge < -0.3 is 10.5 Å². The lowest BCUT2D eigenvalue weighted by atomic mass is 10.2. The molecule has 0 spiro atoms. The normalized spacial score (nSPS) is 13.6. The summed E-state index contributed by atoms with van der Waals surface area (Å²) in [6.45, 7) is 1.94. The van der Waals surface area contributed by atoms with Crippen LogP contribution < -0.4 is 10.5 Å². The predicted octanol–water partition coefficient (Wildman–Crippen LogP) is 0.598. The van der Waals surface area contributed by atoms with E-state index in [1.807, 2.05) is 0 Å². The standard InChI is InChI=1S/C11H17FN2O3S/c1-8(17-2)7-14-18(15,16)11-4-3-9(6-13)5-10(11)12/h3-5,8,14H,6-7,13H2,1-2H3. The SMILES string of the molecule is COC(C)CNS(=O)(=O)c1ccc(CN)cc1F. The summed E-state index contributed by atoms with van der Waals surface area (Å²) in [6, 6.07) is 3.81. The van der Waals surface area contributed by atoms with Crippen molar-refractivity contribution in [2.75, 3.05) is 13.7 Å². The van der Waals surface area contributed by atoms with Crippen LogP contribution in [-0.2, 0) is 21.3 Å². The van der Waals surface area contributed by atoms with Crippen LogP contribution in [0.25, 0.3) is 0 Å². The van der Waals surface area contributed by atoms with Crippen LogP contribution in [0.5, 0.6) is 0 Å². The fraction of sp³-hybridized carbons (Fsp3) is 0.455. The van der Waals surface area contributed by atoms with E-state index in [0.29, 0.717) is 5.56 Å². The predicted molar refractivity (Wildman–Crippen MR) is 66.0 cm³/mol. The van der Waals surface area contributed by atoms with E-state index >= 15 is 0 Å². The van der Waals surface area contributed by atoms with Gasteiger partial charge in [-0.1, -0.05) is 6.07 Å². The molecule has 0 bridgehead atoms. The van der Waals surface area contributed by atoms with Gasteiger partial charge in [0.2, 0.25) is 10.0 Å². The highest BCUT2D eigenvalue weighted by Gasteiger charge is 2.19. The van der Waals surface area contributed by atoms with Crippen molar-refractivity contribution in [3.05, 3.63) is 29.6 Å². The Hall–Kier alpha value is -1.02. The third-order valence-electron chi connectivity index (χ3n) is 2.48. The Morgan fingerprint density at radius 3 is 2.67 bits per heavy atom. The maximum absolute atomic E-state index is 13.6. The number of hydrogen-bond donors (Lipinski definition) is 2.